The van der Waals surface area contributed by atoms with Crippen molar-refractivity contribution in [3.8, 4) is 23.0 Å². The maximum absolute atomic E-state index is 12.9. The molecule has 1 heterocycles. The van der Waals surface area contributed by atoms with E-state index in [1.54, 1.807) is 35.2 Å². The number of amides is 3. The second-order valence-electron chi connectivity index (χ2n) is 7.90. The Balaban J connectivity index is 1.82. The molecular weight excluding hydrogens is 414 g/mol. The minimum absolute atomic E-state index is 0.0298. The van der Waals surface area contributed by atoms with Crippen LogP contribution >= 0.6 is 0 Å². The Bertz CT molecular complexity index is 996. The monoisotopic (exact) mass is 443 g/mol. The molecule has 0 bridgehead atoms. The number of anilines is 3. The van der Waals surface area contributed by atoms with Crippen LogP contribution < -0.4 is 34.5 Å². The van der Waals surface area contributed by atoms with Crippen molar-refractivity contribution in [2.24, 2.45) is 5.41 Å². The summed E-state index contributed by atoms with van der Waals surface area (Å²) >= 11 is 0. The number of ether oxygens (including phenoxy) is 4. The van der Waals surface area contributed by atoms with Crippen LogP contribution in [0.1, 0.15) is 20.8 Å². The third-order valence-electron chi connectivity index (χ3n) is 5.16. The highest BCUT2D eigenvalue weighted by Gasteiger charge is 2.37. The minimum atomic E-state index is -0.646. The highest BCUT2D eigenvalue weighted by Crippen LogP contribution is 2.40. The zero-order valence-electron chi connectivity index (χ0n) is 19.2. The van der Waals surface area contributed by atoms with Gasteiger partial charge >= 0.3 is 6.03 Å². The average molecular weight is 444 g/mol. The predicted molar refractivity (Wildman–Crippen MR) is 122 cm³/mol. The van der Waals surface area contributed by atoms with Gasteiger partial charge in [-0.05, 0) is 39.0 Å². The molecule has 3 amide bonds. The van der Waals surface area contributed by atoms with Gasteiger partial charge in [-0.25, -0.2) is 4.79 Å². The van der Waals surface area contributed by atoms with E-state index in [2.05, 4.69) is 10.6 Å². The van der Waals surface area contributed by atoms with Gasteiger partial charge in [0, 0.05) is 24.4 Å². The zero-order chi connectivity index (χ0) is 23.5. The quantitative estimate of drug-likeness (QED) is 0.697. The number of rotatable bonds is 6. The van der Waals surface area contributed by atoms with Crippen molar-refractivity contribution >= 4 is 29.0 Å². The van der Waals surface area contributed by atoms with Gasteiger partial charge in [-0.1, -0.05) is 0 Å². The molecule has 0 saturated heterocycles. The van der Waals surface area contributed by atoms with Crippen LogP contribution in [0, 0.1) is 5.41 Å². The maximum Gasteiger partial charge on any atom is 0.323 e. The van der Waals surface area contributed by atoms with Crippen molar-refractivity contribution in [1.29, 1.82) is 0 Å². The van der Waals surface area contributed by atoms with Crippen LogP contribution in [0.25, 0.3) is 0 Å². The first-order valence-corrected chi connectivity index (χ1v) is 10.2. The lowest BCUT2D eigenvalue weighted by molar-refractivity contribution is -0.127. The zero-order valence-corrected chi connectivity index (χ0v) is 19.2. The second-order valence-corrected chi connectivity index (χ2v) is 7.90. The van der Waals surface area contributed by atoms with Gasteiger partial charge in [-0.2, -0.15) is 0 Å². The van der Waals surface area contributed by atoms with Crippen LogP contribution in [-0.2, 0) is 4.79 Å². The van der Waals surface area contributed by atoms with E-state index in [-0.39, 0.29) is 12.5 Å². The number of fused-ring (bicyclic) bond motifs is 1. The number of carbonyl (C=O) groups is 2. The molecule has 2 N–H and O–H groups in total. The first kappa shape index (κ1) is 23.1. The fourth-order valence-corrected chi connectivity index (χ4v) is 3.48. The van der Waals surface area contributed by atoms with Crippen LogP contribution in [-0.4, -0.2) is 46.4 Å². The molecule has 0 saturated carbocycles. The van der Waals surface area contributed by atoms with Gasteiger partial charge in [0.2, 0.25) is 11.7 Å². The van der Waals surface area contributed by atoms with Gasteiger partial charge in [-0.3, -0.25) is 4.79 Å². The smallest absolute Gasteiger partial charge is 0.323 e. The molecule has 0 aromatic heterocycles. The van der Waals surface area contributed by atoms with Crippen LogP contribution in [0.15, 0.2) is 30.3 Å². The number of nitrogens with zero attached hydrogens (tertiary/aromatic N) is 1. The van der Waals surface area contributed by atoms with E-state index in [0.717, 1.165) is 0 Å². The summed E-state index contributed by atoms with van der Waals surface area (Å²) in [5, 5.41) is 5.54. The fourth-order valence-electron chi connectivity index (χ4n) is 3.48. The predicted octanol–water partition coefficient (Wildman–Crippen LogP) is 4.13. The molecular formula is C23H29N3O6. The topological polar surface area (TPSA) is 98.4 Å². The van der Waals surface area contributed by atoms with Gasteiger partial charge in [0.1, 0.15) is 12.4 Å². The Morgan fingerprint density at radius 3 is 2.22 bits per heavy atom. The third-order valence-corrected chi connectivity index (χ3v) is 5.16. The standard InChI is InChI=1S/C23H29N3O6/c1-7-26-16-10-14(8-9-17(16)32-13-23(2,3)21(26)27)24-22(28)25-15-11-18(29-4)20(31-6)19(12-15)30-5/h8-12H,7,13H2,1-6H3,(H2,24,25,28). The lowest BCUT2D eigenvalue weighted by atomic mass is 9.93. The Morgan fingerprint density at radius 1 is 1.03 bits per heavy atom. The molecule has 32 heavy (non-hydrogen) atoms. The van der Waals surface area contributed by atoms with E-state index in [9.17, 15) is 9.59 Å². The van der Waals surface area contributed by atoms with Crippen molar-refractivity contribution in [2.45, 2.75) is 20.8 Å². The van der Waals surface area contributed by atoms with E-state index >= 15 is 0 Å². The summed E-state index contributed by atoms with van der Waals surface area (Å²) in [6.07, 6.45) is 0. The fraction of sp³-hybridized carbons (Fsp3) is 0.391. The van der Waals surface area contributed by atoms with E-state index in [1.807, 2.05) is 20.8 Å². The third kappa shape index (κ3) is 4.51. The summed E-state index contributed by atoms with van der Waals surface area (Å²) < 4.78 is 21.8. The molecule has 1 aliphatic heterocycles. The molecule has 2 aromatic carbocycles. The number of urea groups is 1. The Labute approximate surface area is 187 Å². The normalized spacial score (nSPS) is 14.6. The number of hydrogen-bond donors (Lipinski definition) is 2. The molecule has 2 aromatic rings. The molecule has 0 radical (unpaired) electrons. The number of carbonyl (C=O) groups excluding carboxylic acids is 2. The van der Waals surface area contributed by atoms with E-state index in [0.29, 0.717) is 46.6 Å². The molecule has 0 spiro atoms. The summed E-state index contributed by atoms with van der Waals surface area (Å²) in [7, 11) is 4.51. The summed E-state index contributed by atoms with van der Waals surface area (Å²) in [5.41, 5.74) is 0.950. The molecule has 9 heteroatoms. The summed E-state index contributed by atoms with van der Waals surface area (Å²) in [6, 6.07) is 8.00. The van der Waals surface area contributed by atoms with Crippen LogP contribution in [0.3, 0.4) is 0 Å². The molecule has 0 atom stereocenters. The van der Waals surface area contributed by atoms with E-state index < -0.39 is 11.4 Å². The van der Waals surface area contributed by atoms with Crippen molar-refractivity contribution in [3.05, 3.63) is 30.3 Å². The molecule has 3 rings (SSSR count). The number of methoxy groups -OCH3 is 3. The average Bonchev–Trinajstić information content (AvgIpc) is 2.86. The largest absolute Gasteiger partial charge is 0.493 e. The number of benzene rings is 2. The number of nitrogens with one attached hydrogen (secondary N) is 2. The van der Waals surface area contributed by atoms with E-state index in [1.165, 1.54) is 21.3 Å². The Kier molecular flexibility index (Phi) is 6.67. The molecule has 0 unspecified atom stereocenters. The van der Waals surface area contributed by atoms with Crippen LogP contribution in [0.4, 0.5) is 21.9 Å². The highest BCUT2D eigenvalue weighted by atomic mass is 16.5. The first-order valence-electron chi connectivity index (χ1n) is 10.2. The lowest BCUT2D eigenvalue weighted by Gasteiger charge is -2.27. The highest BCUT2D eigenvalue weighted by molar-refractivity contribution is 6.02. The van der Waals surface area contributed by atoms with Crippen LogP contribution in [0.5, 0.6) is 23.0 Å². The van der Waals surface area contributed by atoms with E-state index in [4.69, 9.17) is 18.9 Å². The van der Waals surface area contributed by atoms with Crippen molar-refractivity contribution in [1.82, 2.24) is 0 Å². The summed E-state index contributed by atoms with van der Waals surface area (Å²) in [4.78, 5) is 27.2. The van der Waals surface area contributed by atoms with Crippen molar-refractivity contribution < 1.29 is 28.5 Å². The molecule has 172 valence electrons. The summed E-state index contributed by atoms with van der Waals surface area (Å²) in [6.45, 7) is 6.38. The minimum Gasteiger partial charge on any atom is -0.493 e. The van der Waals surface area contributed by atoms with Gasteiger partial charge in [-0.15, -0.1) is 0 Å². The SMILES string of the molecule is CCN1C(=O)C(C)(C)COc2ccc(NC(=O)Nc3cc(OC)c(OC)c(OC)c3)cc21. The summed E-state index contributed by atoms with van der Waals surface area (Å²) in [5.74, 6) is 1.84. The Hall–Kier alpha value is -3.62. The van der Waals surface area contributed by atoms with Gasteiger partial charge < -0.3 is 34.5 Å². The molecule has 1 aliphatic rings. The molecule has 0 aliphatic carbocycles. The molecule has 0 fully saturated rings. The van der Waals surface area contributed by atoms with Gasteiger partial charge in [0.05, 0.1) is 38.1 Å². The first-order chi connectivity index (χ1) is 15.2. The molecule has 9 nitrogen and oxygen atoms in total. The van der Waals surface area contributed by atoms with Crippen LogP contribution in [0.2, 0.25) is 0 Å². The Morgan fingerprint density at radius 2 is 1.66 bits per heavy atom. The second kappa shape index (κ2) is 9.25. The van der Waals surface area contributed by atoms with Crippen molar-refractivity contribution in [3.63, 3.8) is 0 Å². The van der Waals surface area contributed by atoms with Gasteiger partial charge in [0.15, 0.2) is 11.5 Å². The van der Waals surface area contributed by atoms with Gasteiger partial charge in [0.25, 0.3) is 0 Å². The van der Waals surface area contributed by atoms with Crippen molar-refractivity contribution in [2.75, 3.05) is 50.0 Å². The maximum atomic E-state index is 12.9. The number of hydrogen-bond acceptors (Lipinski definition) is 6. The lowest BCUT2D eigenvalue weighted by Crippen LogP contribution is -2.42.